The highest BCUT2D eigenvalue weighted by Crippen LogP contribution is 2.44. The Morgan fingerprint density at radius 3 is 1.71 bits per heavy atom. The summed E-state index contributed by atoms with van der Waals surface area (Å²) in [4.78, 5) is 49.2. The minimum absolute atomic E-state index is 0.00925. The number of phenols is 1. The molecule has 1 aliphatic heterocycles. The number of fused-ring (bicyclic) bond motifs is 2. The summed E-state index contributed by atoms with van der Waals surface area (Å²) in [6.45, 7) is 7.26. The zero-order chi connectivity index (χ0) is 59.6. The van der Waals surface area contributed by atoms with E-state index in [9.17, 15) is 32.2 Å². The molecule has 4 aromatic carbocycles. The third-order valence-corrected chi connectivity index (χ3v) is 12.9. The first-order valence-electron chi connectivity index (χ1n) is 25.7. The highest BCUT2D eigenvalue weighted by molar-refractivity contribution is 7.80. The molecule has 2 aliphatic rings. The lowest BCUT2D eigenvalue weighted by atomic mass is 9.92. The number of benzene rings is 5. The summed E-state index contributed by atoms with van der Waals surface area (Å²) in [7, 11) is 0. The Balaban J connectivity index is 0.000000303. The van der Waals surface area contributed by atoms with E-state index < -0.39 is 22.5 Å². The van der Waals surface area contributed by atoms with Gasteiger partial charge >= 0.3 is 0 Å². The largest absolute Gasteiger partial charge is 0.755 e. The van der Waals surface area contributed by atoms with Gasteiger partial charge in [0, 0.05) is 112 Å². The van der Waals surface area contributed by atoms with Crippen molar-refractivity contribution >= 4 is 127 Å². The van der Waals surface area contributed by atoms with E-state index in [0.717, 1.165) is 29.9 Å². The van der Waals surface area contributed by atoms with E-state index in [4.69, 9.17) is 63.5 Å². The number of ether oxygens (including phenoxy) is 5. The van der Waals surface area contributed by atoms with Crippen LogP contribution in [0.4, 0.5) is 46.5 Å². The number of aromatic nitrogens is 6. The fourth-order valence-corrected chi connectivity index (χ4v) is 9.08. The Labute approximate surface area is 502 Å². The van der Waals surface area contributed by atoms with Gasteiger partial charge in [0.15, 0.2) is 5.43 Å². The molecule has 6 aromatic rings. The minimum atomic E-state index is -2.42. The second kappa shape index (κ2) is 33.6. The maximum absolute atomic E-state index is 12.1. The third kappa shape index (κ3) is 21.2. The van der Waals surface area contributed by atoms with Crippen LogP contribution in [0.2, 0.25) is 10.6 Å². The molecule has 0 spiro atoms. The monoisotopic (exact) mass is 1250 g/mol. The second-order valence-corrected chi connectivity index (χ2v) is 20.2. The fraction of sp³-hybridized carbons (Fsp3) is 0.278. The molecule has 0 saturated heterocycles. The standard InChI is InChI=1S/C38H35ClN6O9S2.C16H23ClN6O4S/c39-36-42-37(44-38(43-36)41-24-4-6-25(7-5-24)45-56(49)50)40-13-15-52-17-16-51-14-1-2-28(55)18-23-3-10-29(32(19-23)53-22-46)35-30-11-8-26(47)20-33(30)54-34-21-27(48)9-12-31(34)35;1-2-8-26-10-11-27-9-7-18-15-20-14(17)21-16(22-15)19-12-3-5-13(6-4-12)23-28(24)25/h3-12,19-22,45,47H,1-2,13-18H2,(H,49,50)(H2,40,41,42,43,44);3-6,23H,2,7-11H2,1H3,(H,24,25)(H2,18,19,20,21,22)/p-2. The van der Waals surface area contributed by atoms with E-state index in [1.165, 1.54) is 18.2 Å². The summed E-state index contributed by atoms with van der Waals surface area (Å²) in [6.07, 6.45) is 2.84. The maximum atomic E-state index is 12.1. The van der Waals surface area contributed by atoms with Crippen molar-refractivity contribution in [3.63, 3.8) is 0 Å². The zero-order valence-corrected chi connectivity index (χ0v) is 48.8. The van der Waals surface area contributed by atoms with Crippen LogP contribution in [-0.2, 0) is 52.7 Å². The predicted octanol–water partition coefficient (Wildman–Crippen LogP) is 8.76. The highest BCUT2D eigenvalue weighted by atomic mass is 35.5. The third-order valence-electron chi connectivity index (χ3n) is 11.4. The molecule has 0 saturated carbocycles. The number of rotatable bonds is 33. The Hall–Kier alpha value is -7.61. The van der Waals surface area contributed by atoms with Crippen LogP contribution in [0.3, 0.4) is 0 Å². The van der Waals surface area contributed by atoms with Crippen molar-refractivity contribution in [2.24, 2.45) is 0 Å². The Morgan fingerprint density at radius 2 is 1.17 bits per heavy atom. The number of nitrogens with zero attached hydrogens (tertiary/aromatic N) is 6. The molecule has 444 valence electrons. The highest BCUT2D eigenvalue weighted by Gasteiger charge is 2.21. The van der Waals surface area contributed by atoms with Gasteiger partial charge in [0.25, 0.3) is 6.47 Å². The van der Waals surface area contributed by atoms with Crippen LogP contribution < -0.4 is 40.9 Å². The van der Waals surface area contributed by atoms with E-state index >= 15 is 0 Å². The van der Waals surface area contributed by atoms with Crippen molar-refractivity contribution in [3.05, 3.63) is 129 Å². The average Bonchev–Trinajstić information content (AvgIpc) is 1.02. The van der Waals surface area contributed by atoms with Gasteiger partial charge in [-0.1, -0.05) is 31.3 Å². The molecule has 0 amide bonds. The SMILES string of the molecule is CCCOCCOCCNc1nc(Cl)nc(Nc2ccc(NS(=O)[O-])cc2)n1.O=COc1cc(CC(=S)CCCOCCOCCNc2nc(Cl)nc(Nc3ccc(NS(=O)[O-])cc3)n2)ccc1-c1c2ccc(=O)cc-2oc2cc(O)ccc12. The molecule has 2 atom stereocenters. The van der Waals surface area contributed by atoms with E-state index in [1.807, 2.05) is 12.1 Å². The maximum Gasteiger partial charge on any atom is 0.298 e. The summed E-state index contributed by atoms with van der Waals surface area (Å²) >= 11 is 12.9. The normalized spacial score (nSPS) is 11.7. The van der Waals surface area contributed by atoms with Gasteiger partial charge in [-0.2, -0.15) is 29.9 Å². The number of anilines is 8. The topological polar surface area (TPSA) is 343 Å². The molecule has 25 nitrogen and oxygen atoms in total. The lowest BCUT2D eigenvalue weighted by Crippen LogP contribution is -2.15. The van der Waals surface area contributed by atoms with Crippen LogP contribution in [0.5, 0.6) is 11.5 Å². The van der Waals surface area contributed by atoms with Crippen LogP contribution in [0, 0.1) is 0 Å². The quantitative estimate of drug-likeness (QED) is 0.00664. The smallest absolute Gasteiger partial charge is 0.298 e. The van der Waals surface area contributed by atoms with Crippen molar-refractivity contribution in [2.45, 2.75) is 32.6 Å². The van der Waals surface area contributed by atoms with Gasteiger partial charge < -0.3 is 73.0 Å². The Morgan fingerprint density at radius 1 is 0.643 bits per heavy atom. The zero-order valence-electron chi connectivity index (χ0n) is 44.8. The van der Waals surface area contributed by atoms with Crippen molar-refractivity contribution in [2.75, 3.05) is 96.7 Å². The first kappa shape index (κ1) is 64.0. The summed E-state index contributed by atoms with van der Waals surface area (Å²) in [6, 6.07) is 27.8. The van der Waals surface area contributed by atoms with Gasteiger partial charge in [0.1, 0.15) is 22.8 Å². The Bertz CT molecular complexity index is 3530. The molecule has 1 aliphatic carbocycles. The number of halogens is 2. The van der Waals surface area contributed by atoms with Crippen LogP contribution in [-0.4, -0.2) is 130 Å². The molecule has 7 N–H and O–H groups in total. The van der Waals surface area contributed by atoms with Crippen molar-refractivity contribution in [1.29, 1.82) is 0 Å². The van der Waals surface area contributed by atoms with Crippen molar-refractivity contribution < 1.29 is 55.5 Å². The molecule has 2 unspecified atom stereocenters. The summed E-state index contributed by atoms with van der Waals surface area (Å²) in [5.41, 5.74) is 5.09. The Kier molecular flexibility index (Phi) is 25.6. The molecule has 2 aromatic heterocycles. The van der Waals surface area contributed by atoms with Gasteiger partial charge in [0.2, 0.25) is 34.4 Å². The average molecular weight is 1250 g/mol. The molecule has 3 heterocycles. The van der Waals surface area contributed by atoms with Crippen molar-refractivity contribution in [3.8, 4) is 33.9 Å². The van der Waals surface area contributed by atoms with Gasteiger partial charge in [0.05, 0.1) is 39.6 Å². The van der Waals surface area contributed by atoms with Gasteiger partial charge in [-0.15, -0.1) is 0 Å². The molecule has 8 rings (SSSR count). The first-order valence-corrected chi connectivity index (χ1v) is 29.1. The molecular formula is C54H56Cl2N12O13S3-2. The first-order chi connectivity index (χ1) is 40.7. The van der Waals surface area contributed by atoms with Crippen LogP contribution in [0.25, 0.3) is 33.4 Å². The molecule has 0 bridgehead atoms. The van der Waals surface area contributed by atoms with Gasteiger partial charge in [-0.3, -0.25) is 18.0 Å². The minimum Gasteiger partial charge on any atom is -0.755 e. The van der Waals surface area contributed by atoms with E-state index in [2.05, 4.69) is 67.5 Å². The van der Waals surface area contributed by atoms with E-state index in [0.29, 0.717) is 147 Å². The molecular weight excluding hydrogens is 1190 g/mol. The van der Waals surface area contributed by atoms with Crippen LogP contribution >= 0.6 is 35.4 Å². The molecule has 30 heteroatoms. The molecule has 84 heavy (non-hydrogen) atoms. The second-order valence-electron chi connectivity index (χ2n) is 17.6. The number of hydrogen-bond donors (Lipinski definition) is 7. The van der Waals surface area contributed by atoms with Crippen LogP contribution in [0.15, 0.2) is 112 Å². The molecule has 0 radical (unpaired) electrons. The summed E-state index contributed by atoms with van der Waals surface area (Å²) in [5, 5.41) is 22.8. The number of hydrogen-bond acceptors (Lipinski definition) is 24. The van der Waals surface area contributed by atoms with Gasteiger partial charge in [-0.05, 0) is 132 Å². The number of carbonyl (C=O) groups is 1. The van der Waals surface area contributed by atoms with E-state index in [-0.39, 0.29) is 39.6 Å². The van der Waals surface area contributed by atoms with Gasteiger partial charge in [-0.25, -0.2) is 0 Å². The van der Waals surface area contributed by atoms with Crippen molar-refractivity contribution in [1.82, 2.24) is 29.9 Å². The predicted molar refractivity (Wildman–Crippen MR) is 323 cm³/mol. The fourth-order valence-electron chi connectivity index (χ4n) is 7.79. The summed E-state index contributed by atoms with van der Waals surface area (Å²) < 4.78 is 80.8. The summed E-state index contributed by atoms with van der Waals surface area (Å²) in [5.74, 6) is 1.69. The number of aromatic hydroxyl groups is 1. The number of carbonyl (C=O) groups excluding carboxylic acids is 1. The number of thiocarbonyl (C=S) groups is 1. The lowest BCUT2D eigenvalue weighted by molar-refractivity contribution is -0.120. The lowest BCUT2D eigenvalue weighted by Gasteiger charge is -2.17. The van der Waals surface area contributed by atoms with E-state index in [1.54, 1.807) is 72.8 Å². The van der Waals surface area contributed by atoms with Crippen LogP contribution in [0.1, 0.15) is 31.7 Å². The number of nitrogens with one attached hydrogen (secondary N) is 6. The number of phenolic OH excluding ortho intramolecular Hbond substituents is 1. The molecule has 0 fully saturated rings.